The summed E-state index contributed by atoms with van der Waals surface area (Å²) in [7, 11) is 0. The van der Waals surface area contributed by atoms with Crippen LogP contribution in [0.5, 0.6) is 0 Å². The second-order valence-corrected chi connectivity index (χ2v) is 9.08. The van der Waals surface area contributed by atoms with Gasteiger partial charge < -0.3 is 20.1 Å². The summed E-state index contributed by atoms with van der Waals surface area (Å²) in [6, 6.07) is 2.18. The van der Waals surface area contributed by atoms with E-state index in [1.165, 1.54) is 6.20 Å². The van der Waals surface area contributed by atoms with Crippen molar-refractivity contribution in [2.24, 2.45) is 0 Å². The molecule has 0 radical (unpaired) electrons. The Bertz CT molecular complexity index is 1100. The molecule has 1 fully saturated rings. The SMILES string of the molecule is OC[C@H]1O[C@H](Sc2cncc(Br)c2)[C@H](O)[C@@H](n2cc(-c3cc(F)c(F)c(F)c3)nn2)[C@H]1O. The van der Waals surface area contributed by atoms with E-state index in [2.05, 4.69) is 31.2 Å². The average Bonchev–Trinajstić information content (AvgIpc) is 3.23. The number of rotatable bonds is 5. The van der Waals surface area contributed by atoms with Crippen molar-refractivity contribution in [1.82, 2.24) is 20.0 Å². The fourth-order valence-corrected chi connectivity index (χ4v) is 4.93. The first kappa shape index (κ1) is 23.1. The molecule has 170 valence electrons. The second-order valence-electron chi connectivity index (χ2n) is 6.99. The molecule has 3 aromatic rings. The number of hydrogen-bond acceptors (Lipinski definition) is 8. The molecular formula is C19H16BrF3N4O4S. The number of aromatic nitrogens is 4. The van der Waals surface area contributed by atoms with Gasteiger partial charge in [-0.1, -0.05) is 17.0 Å². The van der Waals surface area contributed by atoms with Crippen LogP contribution in [-0.4, -0.2) is 65.7 Å². The number of ether oxygens (including phenoxy) is 1. The molecule has 0 bridgehead atoms. The summed E-state index contributed by atoms with van der Waals surface area (Å²) < 4.78 is 47.9. The van der Waals surface area contributed by atoms with Crippen molar-refractivity contribution in [2.75, 3.05) is 6.61 Å². The van der Waals surface area contributed by atoms with Crippen molar-refractivity contribution in [3.8, 4) is 11.3 Å². The molecule has 1 saturated heterocycles. The zero-order chi connectivity index (χ0) is 23.0. The highest BCUT2D eigenvalue weighted by Crippen LogP contribution is 2.38. The van der Waals surface area contributed by atoms with E-state index < -0.39 is 53.8 Å². The average molecular weight is 533 g/mol. The minimum atomic E-state index is -1.61. The molecule has 0 amide bonds. The first-order valence-electron chi connectivity index (χ1n) is 9.25. The van der Waals surface area contributed by atoms with Gasteiger partial charge >= 0.3 is 0 Å². The summed E-state index contributed by atoms with van der Waals surface area (Å²) in [6.45, 7) is -0.534. The third kappa shape index (κ3) is 4.54. The van der Waals surface area contributed by atoms with E-state index in [-0.39, 0.29) is 11.3 Å². The maximum atomic E-state index is 13.6. The van der Waals surface area contributed by atoms with Gasteiger partial charge in [0.15, 0.2) is 17.5 Å². The van der Waals surface area contributed by atoms with Gasteiger partial charge in [0.2, 0.25) is 0 Å². The van der Waals surface area contributed by atoms with Crippen LogP contribution in [0.25, 0.3) is 11.3 Å². The van der Waals surface area contributed by atoms with E-state index in [0.717, 1.165) is 28.6 Å². The molecule has 0 aliphatic carbocycles. The van der Waals surface area contributed by atoms with Gasteiger partial charge in [-0.05, 0) is 34.1 Å². The highest BCUT2D eigenvalue weighted by Gasteiger charge is 2.46. The van der Waals surface area contributed by atoms with Crippen molar-refractivity contribution in [1.29, 1.82) is 0 Å². The molecule has 13 heteroatoms. The van der Waals surface area contributed by atoms with Crippen LogP contribution in [0.3, 0.4) is 0 Å². The Hall–Kier alpha value is -2.03. The standard InChI is InChI=1S/C19H16BrF3N4O4S/c20-9-3-10(5-24-4-9)32-19-18(30)16(17(29)14(7-28)31-19)27-6-13(25-26-27)8-1-11(21)15(23)12(22)2-8/h1-6,14,16-19,28-30H,7H2/t14-,16+,17+,18-,19-/m1/s1. The van der Waals surface area contributed by atoms with E-state index in [1.54, 1.807) is 18.5 Å². The van der Waals surface area contributed by atoms with E-state index in [1.807, 2.05) is 0 Å². The van der Waals surface area contributed by atoms with Gasteiger partial charge in [-0.2, -0.15) is 0 Å². The quantitative estimate of drug-likeness (QED) is 0.429. The lowest BCUT2D eigenvalue weighted by atomic mass is 9.97. The summed E-state index contributed by atoms with van der Waals surface area (Å²) >= 11 is 4.43. The van der Waals surface area contributed by atoms with Crippen LogP contribution in [-0.2, 0) is 4.74 Å². The molecule has 1 aliphatic rings. The zero-order valence-corrected chi connectivity index (χ0v) is 18.4. The van der Waals surface area contributed by atoms with Crippen LogP contribution in [0, 0.1) is 17.5 Å². The highest BCUT2D eigenvalue weighted by atomic mass is 79.9. The minimum Gasteiger partial charge on any atom is -0.394 e. The molecular weight excluding hydrogens is 517 g/mol. The highest BCUT2D eigenvalue weighted by molar-refractivity contribution is 9.10. The predicted molar refractivity (Wildman–Crippen MR) is 110 cm³/mol. The Morgan fingerprint density at radius 2 is 1.81 bits per heavy atom. The van der Waals surface area contributed by atoms with Gasteiger partial charge in [-0.3, -0.25) is 4.98 Å². The first-order valence-corrected chi connectivity index (χ1v) is 10.9. The van der Waals surface area contributed by atoms with Crippen molar-refractivity contribution in [3.05, 3.63) is 58.7 Å². The molecule has 1 aliphatic heterocycles. The molecule has 0 unspecified atom stereocenters. The molecule has 2 aromatic heterocycles. The number of pyridine rings is 1. The summed E-state index contributed by atoms with van der Waals surface area (Å²) in [5, 5.41) is 38.9. The minimum absolute atomic E-state index is 0.00497. The van der Waals surface area contributed by atoms with Crippen LogP contribution < -0.4 is 0 Å². The van der Waals surface area contributed by atoms with Gasteiger partial charge in [0.05, 0.1) is 12.8 Å². The summed E-state index contributed by atoms with van der Waals surface area (Å²) in [4.78, 5) is 4.70. The molecule has 4 rings (SSSR count). The predicted octanol–water partition coefficient (Wildman–Crippen LogP) is 2.29. The van der Waals surface area contributed by atoms with E-state index in [9.17, 15) is 28.5 Å². The fraction of sp³-hybridized carbons (Fsp3) is 0.316. The number of benzene rings is 1. The third-order valence-electron chi connectivity index (χ3n) is 4.88. The van der Waals surface area contributed by atoms with Crippen molar-refractivity contribution in [2.45, 2.75) is 34.7 Å². The Morgan fingerprint density at radius 3 is 2.47 bits per heavy atom. The van der Waals surface area contributed by atoms with Crippen molar-refractivity contribution in [3.63, 3.8) is 0 Å². The summed E-state index contributed by atoms with van der Waals surface area (Å²) in [5.41, 5.74) is -0.992. The number of hydrogen-bond donors (Lipinski definition) is 3. The maximum absolute atomic E-state index is 13.6. The Labute approximate surface area is 192 Å². The molecule has 3 heterocycles. The largest absolute Gasteiger partial charge is 0.394 e. The number of thioether (sulfide) groups is 1. The lowest BCUT2D eigenvalue weighted by molar-refractivity contribution is -0.178. The monoisotopic (exact) mass is 532 g/mol. The van der Waals surface area contributed by atoms with Gasteiger partial charge in [-0.25, -0.2) is 17.9 Å². The summed E-state index contributed by atoms with van der Waals surface area (Å²) in [6.07, 6.45) is 0.672. The molecule has 0 spiro atoms. The van der Waals surface area contributed by atoms with Gasteiger partial charge in [0, 0.05) is 27.3 Å². The fourth-order valence-electron chi connectivity index (χ4n) is 3.33. The van der Waals surface area contributed by atoms with Crippen LogP contribution in [0.2, 0.25) is 0 Å². The van der Waals surface area contributed by atoms with Gasteiger partial charge in [0.1, 0.15) is 35.5 Å². The first-order chi connectivity index (χ1) is 15.3. The number of aliphatic hydroxyl groups excluding tert-OH is 3. The molecule has 0 saturated carbocycles. The topological polar surface area (TPSA) is 114 Å². The molecule has 5 atom stereocenters. The van der Waals surface area contributed by atoms with Gasteiger partial charge in [-0.15, -0.1) is 5.10 Å². The Morgan fingerprint density at radius 1 is 1.09 bits per heavy atom. The smallest absolute Gasteiger partial charge is 0.194 e. The third-order valence-corrected chi connectivity index (χ3v) is 6.43. The van der Waals surface area contributed by atoms with Crippen molar-refractivity contribution < 1.29 is 33.2 Å². The second kappa shape index (κ2) is 9.45. The van der Waals surface area contributed by atoms with Gasteiger partial charge in [0.25, 0.3) is 0 Å². The van der Waals surface area contributed by atoms with E-state index >= 15 is 0 Å². The van der Waals surface area contributed by atoms with Crippen LogP contribution in [0.15, 0.2) is 46.2 Å². The number of nitrogens with zero attached hydrogens (tertiary/aromatic N) is 4. The maximum Gasteiger partial charge on any atom is 0.194 e. The van der Waals surface area contributed by atoms with Crippen LogP contribution in [0.4, 0.5) is 13.2 Å². The Balaban J connectivity index is 1.64. The van der Waals surface area contributed by atoms with E-state index in [4.69, 9.17) is 4.74 Å². The summed E-state index contributed by atoms with van der Waals surface area (Å²) in [5.74, 6) is -4.38. The van der Waals surface area contributed by atoms with Crippen LogP contribution >= 0.6 is 27.7 Å². The van der Waals surface area contributed by atoms with Crippen molar-refractivity contribution >= 4 is 27.7 Å². The molecule has 8 nitrogen and oxygen atoms in total. The Kier molecular flexibility index (Phi) is 6.83. The van der Waals surface area contributed by atoms with Crippen LogP contribution in [0.1, 0.15) is 6.04 Å². The zero-order valence-electron chi connectivity index (χ0n) is 16.0. The molecule has 3 N–H and O–H groups in total. The molecule has 32 heavy (non-hydrogen) atoms. The lowest BCUT2D eigenvalue weighted by Gasteiger charge is -2.41. The number of halogens is 4. The number of aliphatic hydroxyl groups is 3. The molecule has 1 aromatic carbocycles. The van der Waals surface area contributed by atoms with E-state index in [0.29, 0.717) is 9.37 Å². The normalized spacial score (nSPS) is 25.8. The lowest BCUT2D eigenvalue weighted by Crippen LogP contribution is -2.55.